The number of quaternary nitrogens is 1. The van der Waals surface area contributed by atoms with Gasteiger partial charge in [-0.15, -0.1) is 0 Å². The van der Waals surface area contributed by atoms with E-state index in [9.17, 15) is 10.4 Å². The van der Waals surface area contributed by atoms with Crippen LogP contribution in [0.5, 0.6) is 0 Å². The smallest absolute Gasteiger partial charge is 0.149 e. The standard InChI is InChI=1S/C15H15ClN3O3/c16-12-3-1-2-11(8-12)14-10-22-7-6-18(14)15-5-4-13(9-17-15)19(20)21/h1-5,8-9,14,19H,6-7,10H2/q-1. The fourth-order valence-corrected chi connectivity index (χ4v) is 2.74. The highest BCUT2D eigenvalue weighted by atomic mass is 35.5. The third-order valence-corrected chi connectivity index (χ3v) is 3.87. The number of halogens is 1. The molecule has 6 nitrogen and oxygen atoms in total. The van der Waals surface area contributed by atoms with E-state index in [0.717, 1.165) is 5.56 Å². The number of rotatable bonds is 3. The molecule has 1 N–H and O–H groups in total. The van der Waals surface area contributed by atoms with Crippen molar-refractivity contribution in [1.82, 2.24) is 4.98 Å². The normalized spacial score (nSPS) is 18.7. The molecular weight excluding hydrogens is 306 g/mol. The number of pyridine rings is 1. The SMILES string of the molecule is [O-][NH+]([O-])c1ccc(N2CCOCC2c2cccc(Cl)c2)nc1. The first kappa shape index (κ1) is 15.2. The minimum Gasteiger partial charge on any atom is -0.628 e. The van der Waals surface area contributed by atoms with Crippen molar-refractivity contribution in [2.45, 2.75) is 6.04 Å². The van der Waals surface area contributed by atoms with E-state index in [0.29, 0.717) is 30.6 Å². The van der Waals surface area contributed by atoms with E-state index in [2.05, 4.69) is 9.88 Å². The molecule has 0 radical (unpaired) electrons. The van der Waals surface area contributed by atoms with Crippen LogP contribution in [0, 0.1) is 10.4 Å². The molecule has 1 unspecified atom stereocenters. The summed E-state index contributed by atoms with van der Waals surface area (Å²) in [6, 6.07) is 10.8. The second kappa shape index (κ2) is 6.60. The van der Waals surface area contributed by atoms with Crippen molar-refractivity contribution in [3.05, 3.63) is 63.6 Å². The topological polar surface area (TPSA) is 75.9 Å². The summed E-state index contributed by atoms with van der Waals surface area (Å²) in [6.07, 6.45) is 1.31. The highest BCUT2D eigenvalue weighted by molar-refractivity contribution is 6.30. The van der Waals surface area contributed by atoms with E-state index >= 15 is 0 Å². The summed E-state index contributed by atoms with van der Waals surface area (Å²) in [7, 11) is 0. The summed E-state index contributed by atoms with van der Waals surface area (Å²) in [4.78, 5) is 6.33. The summed E-state index contributed by atoms with van der Waals surface area (Å²) in [5.74, 6) is 0.707. The molecule has 116 valence electrons. The zero-order valence-corrected chi connectivity index (χ0v) is 12.5. The molecule has 2 aromatic rings. The van der Waals surface area contributed by atoms with Crippen LogP contribution in [0.1, 0.15) is 11.6 Å². The summed E-state index contributed by atoms with van der Waals surface area (Å²) in [5.41, 5.74) is 1.11. The first-order chi connectivity index (χ1) is 10.6. The molecule has 1 fully saturated rings. The lowest BCUT2D eigenvalue weighted by molar-refractivity contribution is -0.715. The number of hydrogen-bond donors (Lipinski definition) is 1. The van der Waals surface area contributed by atoms with Crippen LogP contribution in [0.2, 0.25) is 5.02 Å². The number of hydrogen-bond acceptors (Lipinski definition) is 5. The van der Waals surface area contributed by atoms with Crippen LogP contribution in [0.3, 0.4) is 0 Å². The molecule has 0 amide bonds. The number of benzene rings is 1. The number of ether oxygens (including phenoxy) is 1. The third-order valence-electron chi connectivity index (χ3n) is 3.64. The van der Waals surface area contributed by atoms with E-state index in [1.54, 1.807) is 6.07 Å². The van der Waals surface area contributed by atoms with Crippen molar-refractivity contribution in [3.63, 3.8) is 0 Å². The maximum absolute atomic E-state index is 10.8. The fraction of sp³-hybridized carbons (Fsp3) is 0.267. The van der Waals surface area contributed by atoms with Gasteiger partial charge < -0.3 is 25.3 Å². The predicted molar refractivity (Wildman–Crippen MR) is 84.0 cm³/mol. The van der Waals surface area contributed by atoms with Gasteiger partial charge in [-0.25, -0.2) is 4.98 Å². The molecule has 0 spiro atoms. The van der Waals surface area contributed by atoms with Crippen LogP contribution in [-0.2, 0) is 4.74 Å². The predicted octanol–water partition coefficient (Wildman–Crippen LogP) is 1.82. The van der Waals surface area contributed by atoms with Gasteiger partial charge >= 0.3 is 0 Å². The van der Waals surface area contributed by atoms with Gasteiger partial charge in [0.15, 0.2) is 0 Å². The van der Waals surface area contributed by atoms with Gasteiger partial charge in [-0.2, -0.15) is 0 Å². The van der Waals surface area contributed by atoms with Gasteiger partial charge in [-0.05, 0) is 23.8 Å². The van der Waals surface area contributed by atoms with Crippen LogP contribution in [0.15, 0.2) is 42.6 Å². The molecule has 1 aromatic heterocycles. The Bertz CT molecular complexity index is 636. The van der Waals surface area contributed by atoms with E-state index in [4.69, 9.17) is 16.3 Å². The van der Waals surface area contributed by atoms with Crippen LogP contribution < -0.4 is 10.1 Å². The molecule has 0 aliphatic carbocycles. The Kier molecular flexibility index (Phi) is 4.56. The minimum absolute atomic E-state index is 0.00578. The molecule has 22 heavy (non-hydrogen) atoms. The molecule has 7 heteroatoms. The monoisotopic (exact) mass is 320 g/mol. The summed E-state index contributed by atoms with van der Waals surface area (Å²) in [6.45, 7) is 1.81. The van der Waals surface area contributed by atoms with E-state index in [-0.39, 0.29) is 11.7 Å². The van der Waals surface area contributed by atoms with Crippen molar-refractivity contribution < 1.29 is 9.96 Å². The molecule has 2 heterocycles. The lowest BCUT2D eigenvalue weighted by Gasteiger charge is -2.37. The fourth-order valence-electron chi connectivity index (χ4n) is 2.54. The molecule has 1 saturated heterocycles. The number of nitrogens with zero attached hydrogens (tertiary/aromatic N) is 2. The minimum atomic E-state index is -1.23. The van der Waals surface area contributed by atoms with Crippen LogP contribution in [0.25, 0.3) is 0 Å². The van der Waals surface area contributed by atoms with Crippen molar-refractivity contribution in [1.29, 1.82) is 0 Å². The Morgan fingerprint density at radius 2 is 2.14 bits per heavy atom. The Labute approximate surface area is 133 Å². The maximum Gasteiger partial charge on any atom is 0.149 e. The third kappa shape index (κ3) is 3.21. The summed E-state index contributed by atoms with van der Waals surface area (Å²) >= 11 is 6.07. The molecule has 1 atom stereocenters. The average molecular weight is 321 g/mol. The van der Waals surface area contributed by atoms with Crippen LogP contribution >= 0.6 is 11.6 Å². The largest absolute Gasteiger partial charge is 0.628 e. The van der Waals surface area contributed by atoms with Crippen LogP contribution in [0.4, 0.5) is 11.5 Å². The number of aromatic nitrogens is 1. The number of anilines is 1. The lowest BCUT2D eigenvalue weighted by Crippen LogP contribution is -2.96. The highest BCUT2D eigenvalue weighted by Gasteiger charge is 2.26. The van der Waals surface area contributed by atoms with Crippen molar-refractivity contribution in [3.8, 4) is 0 Å². The quantitative estimate of drug-likeness (QED) is 0.873. The zero-order valence-electron chi connectivity index (χ0n) is 11.7. The first-order valence-corrected chi connectivity index (χ1v) is 7.30. The van der Waals surface area contributed by atoms with Gasteiger partial charge in [0.25, 0.3) is 0 Å². The second-order valence-electron chi connectivity index (χ2n) is 5.03. The number of nitrogens with one attached hydrogen (secondary N) is 1. The lowest BCUT2D eigenvalue weighted by atomic mass is 10.0. The van der Waals surface area contributed by atoms with E-state index < -0.39 is 5.23 Å². The average Bonchev–Trinajstić information content (AvgIpc) is 2.55. The second-order valence-corrected chi connectivity index (χ2v) is 5.47. The summed E-state index contributed by atoms with van der Waals surface area (Å²) < 4.78 is 5.57. The molecule has 1 aromatic carbocycles. The van der Waals surface area contributed by atoms with Crippen molar-refractivity contribution in [2.24, 2.45) is 0 Å². The maximum atomic E-state index is 10.8. The van der Waals surface area contributed by atoms with Gasteiger partial charge in [-0.3, -0.25) is 0 Å². The van der Waals surface area contributed by atoms with E-state index in [1.165, 1.54) is 12.3 Å². The van der Waals surface area contributed by atoms with E-state index in [1.807, 2.05) is 24.3 Å². The highest BCUT2D eigenvalue weighted by Crippen LogP contribution is 2.30. The molecule has 0 bridgehead atoms. The van der Waals surface area contributed by atoms with Gasteiger partial charge in [0.2, 0.25) is 0 Å². The molecule has 1 aliphatic rings. The molecular formula is C15H15ClN3O3-. The van der Waals surface area contributed by atoms with Crippen molar-refractivity contribution >= 4 is 23.1 Å². The van der Waals surface area contributed by atoms with Gasteiger partial charge in [0, 0.05) is 17.6 Å². The van der Waals surface area contributed by atoms with Gasteiger partial charge in [0.05, 0.1) is 25.5 Å². The molecule has 1 aliphatic heterocycles. The Morgan fingerprint density at radius 1 is 1.27 bits per heavy atom. The Hall–Kier alpha value is -1.70. The number of morpholine rings is 1. The van der Waals surface area contributed by atoms with Gasteiger partial charge in [-0.1, -0.05) is 23.7 Å². The Balaban J connectivity index is 1.89. The molecule has 0 saturated carbocycles. The van der Waals surface area contributed by atoms with Crippen molar-refractivity contribution in [2.75, 3.05) is 24.7 Å². The molecule has 3 rings (SSSR count). The zero-order chi connectivity index (χ0) is 15.5. The Morgan fingerprint density at radius 3 is 2.82 bits per heavy atom. The van der Waals surface area contributed by atoms with Gasteiger partial charge in [0.1, 0.15) is 11.5 Å². The summed E-state index contributed by atoms with van der Waals surface area (Å²) in [5, 5.41) is 21.1. The first-order valence-electron chi connectivity index (χ1n) is 6.92. The van der Waals surface area contributed by atoms with Crippen LogP contribution in [-0.4, -0.2) is 24.7 Å².